The Morgan fingerprint density at radius 2 is 1.76 bits per heavy atom. The molecule has 1 aromatic heterocycles. The van der Waals surface area contributed by atoms with Crippen molar-refractivity contribution in [2.75, 3.05) is 22.2 Å². The zero-order chi connectivity index (χ0) is 22.8. The summed E-state index contributed by atoms with van der Waals surface area (Å²) in [6.07, 6.45) is 0. The van der Waals surface area contributed by atoms with Gasteiger partial charge in [0, 0.05) is 10.6 Å². The van der Waals surface area contributed by atoms with Crippen LogP contribution in [0, 0.1) is 5.82 Å². The summed E-state index contributed by atoms with van der Waals surface area (Å²) in [6.45, 7) is 0. The average molecular weight is 478 g/mol. The van der Waals surface area contributed by atoms with E-state index in [4.69, 9.17) is 5.84 Å². The molecular formula is C24H20FN5OS2. The van der Waals surface area contributed by atoms with Crippen molar-refractivity contribution in [2.45, 2.75) is 16.1 Å². The topological polar surface area (TPSA) is 77.0 Å². The van der Waals surface area contributed by atoms with Crippen LogP contribution in [0.2, 0.25) is 0 Å². The predicted octanol–water partition coefficient (Wildman–Crippen LogP) is 4.77. The molecule has 1 atom stereocenters. The van der Waals surface area contributed by atoms with Crippen LogP contribution >= 0.6 is 23.5 Å². The minimum Gasteiger partial charge on any atom is -0.335 e. The summed E-state index contributed by atoms with van der Waals surface area (Å²) in [7, 11) is 0. The molecule has 0 bridgehead atoms. The zero-order valence-corrected chi connectivity index (χ0v) is 19.1. The number of nitrogens with zero attached hydrogens (tertiary/aromatic N) is 4. The van der Waals surface area contributed by atoms with Crippen molar-refractivity contribution in [3.05, 3.63) is 90.2 Å². The lowest BCUT2D eigenvalue weighted by atomic mass is 10.1. The number of thioether (sulfide) groups is 2. The van der Waals surface area contributed by atoms with E-state index in [9.17, 15) is 9.18 Å². The summed E-state index contributed by atoms with van der Waals surface area (Å²) in [4.78, 5) is 16.4. The highest BCUT2D eigenvalue weighted by atomic mass is 32.2. The molecule has 0 fully saturated rings. The van der Waals surface area contributed by atoms with E-state index in [1.54, 1.807) is 30.0 Å². The van der Waals surface area contributed by atoms with Gasteiger partial charge in [-0.3, -0.25) is 4.79 Å². The van der Waals surface area contributed by atoms with Gasteiger partial charge in [-0.15, -0.1) is 22.0 Å². The van der Waals surface area contributed by atoms with Gasteiger partial charge in [0.05, 0.1) is 23.0 Å². The Hall–Kier alpha value is -3.30. The maximum absolute atomic E-state index is 14.2. The van der Waals surface area contributed by atoms with E-state index in [1.807, 2.05) is 59.5 Å². The van der Waals surface area contributed by atoms with E-state index in [2.05, 4.69) is 10.2 Å². The molecule has 0 saturated heterocycles. The molecule has 0 spiro atoms. The van der Waals surface area contributed by atoms with Crippen molar-refractivity contribution >= 4 is 35.1 Å². The fourth-order valence-electron chi connectivity index (χ4n) is 3.82. The van der Waals surface area contributed by atoms with Crippen LogP contribution in [-0.4, -0.2) is 32.3 Å². The molecule has 0 saturated carbocycles. The molecular weight excluding hydrogens is 457 g/mol. The second-order valence-electron chi connectivity index (χ2n) is 7.41. The number of benzene rings is 3. The van der Waals surface area contributed by atoms with Crippen LogP contribution in [-0.2, 0) is 4.79 Å². The minimum atomic E-state index is -0.433. The van der Waals surface area contributed by atoms with Crippen LogP contribution in [0.4, 0.5) is 10.1 Å². The largest absolute Gasteiger partial charge is 0.335 e. The van der Waals surface area contributed by atoms with Gasteiger partial charge in [0.25, 0.3) is 0 Å². The van der Waals surface area contributed by atoms with Gasteiger partial charge in [-0.25, -0.2) is 9.07 Å². The number of amides is 1. The Labute approximate surface area is 199 Å². The third kappa shape index (κ3) is 4.21. The lowest BCUT2D eigenvalue weighted by molar-refractivity contribution is -0.116. The summed E-state index contributed by atoms with van der Waals surface area (Å²) >= 11 is 2.94. The Balaban J connectivity index is 1.40. The van der Waals surface area contributed by atoms with Gasteiger partial charge in [0.15, 0.2) is 5.82 Å². The lowest BCUT2D eigenvalue weighted by Gasteiger charge is -2.37. The monoisotopic (exact) mass is 477 g/mol. The minimum absolute atomic E-state index is 0.0583. The van der Waals surface area contributed by atoms with E-state index < -0.39 is 5.82 Å². The number of nitrogen functional groups attached to an aromatic ring is 1. The fourth-order valence-corrected chi connectivity index (χ4v) is 5.70. The number of nitrogens with two attached hydrogens (primary N) is 1. The van der Waals surface area contributed by atoms with Crippen LogP contribution in [0.5, 0.6) is 0 Å². The highest BCUT2D eigenvalue weighted by molar-refractivity contribution is 8.00. The van der Waals surface area contributed by atoms with Crippen LogP contribution < -0.4 is 10.7 Å². The summed E-state index contributed by atoms with van der Waals surface area (Å²) in [5.74, 6) is 6.75. The zero-order valence-electron chi connectivity index (χ0n) is 17.5. The second kappa shape index (κ2) is 9.29. The van der Waals surface area contributed by atoms with Gasteiger partial charge in [0.2, 0.25) is 11.1 Å². The molecule has 9 heteroatoms. The maximum Gasteiger partial charge on any atom is 0.238 e. The third-order valence-corrected chi connectivity index (χ3v) is 7.46. The lowest BCUT2D eigenvalue weighted by Crippen LogP contribution is -2.39. The first-order valence-electron chi connectivity index (χ1n) is 10.3. The number of carbonyl (C=O) groups is 1. The molecule has 5 rings (SSSR count). The van der Waals surface area contributed by atoms with E-state index in [0.29, 0.717) is 5.16 Å². The van der Waals surface area contributed by atoms with Gasteiger partial charge in [-0.1, -0.05) is 66.4 Å². The highest BCUT2D eigenvalue weighted by Gasteiger charge is 2.32. The van der Waals surface area contributed by atoms with Gasteiger partial charge < -0.3 is 10.7 Å². The molecule has 3 aromatic carbocycles. The number of hydrogen-bond acceptors (Lipinski definition) is 6. The number of halogens is 1. The molecule has 0 aliphatic carbocycles. The summed E-state index contributed by atoms with van der Waals surface area (Å²) in [6, 6.07) is 24.1. The maximum atomic E-state index is 14.2. The molecule has 2 N–H and O–H groups in total. The molecule has 0 radical (unpaired) electrons. The Morgan fingerprint density at radius 3 is 2.58 bits per heavy atom. The molecule has 1 aliphatic heterocycles. The standard InChI is InChI=1S/C24H20FN5OS2/c25-18-11-5-4-10-17(18)23-27-28-24(30(23)26)33-15-22(31)29-19-12-6-7-13-21(19)32-14-20(29)16-8-2-1-3-9-16/h1-13,20H,14-15,26H2/t20-/m1/s1. The normalized spacial score (nSPS) is 15.3. The molecule has 1 aliphatic rings. The molecule has 33 heavy (non-hydrogen) atoms. The first kappa shape index (κ1) is 21.5. The summed E-state index contributed by atoms with van der Waals surface area (Å²) in [5, 5.41) is 8.46. The van der Waals surface area contributed by atoms with Crippen LogP contribution in [0.1, 0.15) is 11.6 Å². The van der Waals surface area contributed by atoms with Crippen molar-refractivity contribution in [2.24, 2.45) is 0 Å². The average Bonchev–Trinajstić information content (AvgIpc) is 3.22. The van der Waals surface area contributed by atoms with Gasteiger partial charge in [0.1, 0.15) is 5.82 Å². The number of hydrogen-bond donors (Lipinski definition) is 1. The number of aromatic nitrogens is 3. The number of fused-ring (bicyclic) bond motifs is 1. The van der Waals surface area contributed by atoms with Crippen molar-refractivity contribution in [3.8, 4) is 11.4 Å². The van der Waals surface area contributed by atoms with E-state index in [0.717, 1.165) is 21.9 Å². The molecule has 166 valence electrons. The Morgan fingerprint density at radius 1 is 1.03 bits per heavy atom. The molecule has 0 unspecified atom stereocenters. The van der Waals surface area contributed by atoms with E-state index in [-0.39, 0.29) is 29.1 Å². The van der Waals surface area contributed by atoms with Crippen molar-refractivity contribution < 1.29 is 9.18 Å². The smallest absolute Gasteiger partial charge is 0.238 e. The molecule has 2 heterocycles. The number of carbonyl (C=O) groups excluding carboxylic acids is 1. The molecule has 6 nitrogen and oxygen atoms in total. The first-order chi connectivity index (χ1) is 16.1. The van der Waals surface area contributed by atoms with Gasteiger partial charge in [-0.2, -0.15) is 0 Å². The highest BCUT2D eigenvalue weighted by Crippen LogP contribution is 2.43. The Bertz CT molecular complexity index is 1300. The quantitative estimate of drug-likeness (QED) is 0.330. The SMILES string of the molecule is Nn1c(SCC(=O)N2c3ccccc3SC[C@@H]2c2ccccc2)nnc1-c1ccccc1F. The van der Waals surface area contributed by atoms with Crippen molar-refractivity contribution in [3.63, 3.8) is 0 Å². The van der Waals surface area contributed by atoms with Crippen LogP contribution in [0.15, 0.2) is 88.9 Å². The van der Waals surface area contributed by atoms with E-state index in [1.165, 1.54) is 22.5 Å². The molecule has 4 aromatic rings. The van der Waals surface area contributed by atoms with Crippen molar-refractivity contribution in [1.82, 2.24) is 14.9 Å². The van der Waals surface area contributed by atoms with E-state index >= 15 is 0 Å². The summed E-state index contributed by atoms with van der Waals surface area (Å²) < 4.78 is 15.4. The number of rotatable bonds is 5. The first-order valence-corrected chi connectivity index (χ1v) is 12.3. The van der Waals surface area contributed by atoms with Gasteiger partial charge in [-0.05, 0) is 29.8 Å². The molecule has 1 amide bonds. The third-order valence-electron chi connectivity index (χ3n) is 5.39. The van der Waals surface area contributed by atoms with Crippen molar-refractivity contribution in [1.29, 1.82) is 0 Å². The second-order valence-corrected chi connectivity index (χ2v) is 9.42. The fraction of sp³-hybridized carbons (Fsp3) is 0.125. The Kier molecular flexibility index (Phi) is 6.06. The van der Waals surface area contributed by atoms with Crippen LogP contribution in [0.3, 0.4) is 0 Å². The predicted molar refractivity (Wildman–Crippen MR) is 130 cm³/mol. The summed E-state index contributed by atoms with van der Waals surface area (Å²) in [5.41, 5.74) is 2.24. The number of anilines is 1. The van der Waals surface area contributed by atoms with Crippen LogP contribution in [0.25, 0.3) is 11.4 Å². The number of para-hydroxylation sites is 1. The van der Waals surface area contributed by atoms with Gasteiger partial charge >= 0.3 is 0 Å².